The first-order valence-corrected chi connectivity index (χ1v) is 9.69. The van der Waals surface area contributed by atoms with Crippen molar-refractivity contribution >= 4 is 22.7 Å². The molecule has 3 aromatic rings. The molecule has 2 aromatic carbocycles. The molecular formula is C24H23N3O2. The highest BCUT2D eigenvalue weighted by atomic mass is 16.2. The van der Waals surface area contributed by atoms with Gasteiger partial charge in [-0.3, -0.25) is 9.59 Å². The van der Waals surface area contributed by atoms with Gasteiger partial charge in [-0.15, -0.1) is 0 Å². The molecule has 5 heteroatoms. The van der Waals surface area contributed by atoms with Gasteiger partial charge in [-0.1, -0.05) is 55.1 Å². The van der Waals surface area contributed by atoms with Gasteiger partial charge in [0.15, 0.2) is 0 Å². The average molecular weight is 385 g/mol. The molecule has 0 radical (unpaired) electrons. The fourth-order valence-electron chi connectivity index (χ4n) is 3.76. The van der Waals surface area contributed by atoms with E-state index in [1.54, 1.807) is 11.9 Å². The predicted octanol–water partition coefficient (Wildman–Crippen LogP) is 3.62. The van der Waals surface area contributed by atoms with E-state index in [1.165, 1.54) is 6.08 Å². The van der Waals surface area contributed by atoms with Crippen LogP contribution in [0.15, 0.2) is 73.3 Å². The van der Waals surface area contributed by atoms with Crippen molar-refractivity contribution in [2.45, 2.75) is 0 Å². The van der Waals surface area contributed by atoms with Crippen LogP contribution in [0.4, 0.5) is 0 Å². The summed E-state index contributed by atoms with van der Waals surface area (Å²) in [4.78, 5) is 33.1. The Morgan fingerprint density at radius 3 is 2.55 bits per heavy atom. The number of hydrogen-bond donors (Lipinski definition) is 0. The van der Waals surface area contributed by atoms with E-state index in [-0.39, 0.29) is 17.7 Å². The van der Waals surface area contributed by atoms with E-state index in [0.717, 1.165) is 22.2 Å². The van der Waals surface area contributed by atoms with Crippen molar-refractivity contribution in [1.82, 2.24) is 14.8 Å². The molecule has 2 heterocycles. The van der Waals surface area contributed by atoms with Crippen LogP contribution < -0.4 is 0 Å². The number of benzene rings is 2. The van der Waals surface area contributed by atoms with E-state index >= 15 is 0 Å². The summed E-state index contributed by atoms with van der Waals surface area (Å²) in [7, 11) is 1.76. The van der Waals surface area contributed by atoms with E-state index in [4.69, 9.17) is 4.98 Å². The summed E-state index contributed by atoms with van der Waals surface area (Å²) >= 11 is 0. The minimum absolute atomic E-state index is 0.00901. The number of likely N-dealkylation sites (N-methyl/N-ethyl adjacent to an activating group) is 1. The van der Waals surface area contributed by atoms with Crippen molar-refractivity contribution < 1.29 is 9.59 Å². The molecule has 2 amide bonds. The third-order valence-corrected chi connectivity index (χ3v) is 5.34. The number of hydrogen-bond acceptors (Lipinski definition) is 3. The van der Waals surface area contributed by atoms with Gasteiger partial charge in [-0.05, 0) is 18.2 Å². The van der Waals surface area contributed by atoms with Gasteiger partial charge in [0.2, 0.25) is 5.91 Å². The lowest BCUT2D eigenvalue weighted by Crippen LogP contribution is -2.53. The third-order valence-electron chi connectivity index (χ3n) is 5.34. The quantitative estimate of drug-likeness (QED) is 0.631. The molecule has 1 aliphatic heterocycles. The number of carbonyl (C=O) groups is 2. The molecule has 1 aromatic heterocycles. The van der Waals surface area contributed by atoms with Gasteiger partial charge in [-0.25, -0.2) is 4.98 Å². The molecule has 0 saturated carbocycles. The summed E-state index contributed by atoms with van der Waals surface area (Å²) in [5.74, 6) is 0.201. The van der Waals surface area contributed by atoms with Gasteiger partial charge in [0.05, 0.1) is 16.8 Å². The number of rotatable bonds is 5. The van der Waals surface area contributed by atoms with Crippen molar-refractivity contribution in [1.29, 1.82) is 0 Å². The summed E-state index contributed by atoms with van der Waals surface area (Å²) in [6, 6.07) is 19.5. The first-order chi connectivity index (χ1) is 14.1. The van der Waals surface area contributed by atoms with E-state index < -0.39 is 0 Å². The van der Waals surface area contributed by atoms with E-state index in [9.17, 15) is 9.59 Å². The summed E-state index contributed by atoms with van der Waals surface area (Å²) in [5, 5.41) is 0.861. The number of para-hydroxylation sites is 1. The lowest BCUT2D eigenvalue weighted by Gasteiger charge is -2.41. The highest BCUT2D eigenvalue weighted by molar-refractivity contribution is 6.07. The fraction of sp³-hybridized carbons (Fsp3) is 0.208. The summed E-state index contributed by atoms with van der Waals surface area (Å²) in [6.07, 6.45) is 1.32. The Morgan fingerprint density at radius 1 is 1.14 bits per heavy atom. The number of amides is 2. The Kier molecular flexibility index (Phi) is 5.12. The molecule has 1 aliphatic rings. The Hall–Kier alpha value is -3.47. The van der Waals surface area contributed by atoms with Gasteiger partial charge in [0, 0.05) is 43.5 Å². The van der Waals surface area contributed by atoms with E-state index in [2.05, 4.69) is 6.58 Å². The number of aromatic nitrogens is 1. The van der Waals surface area contributed by atoms with Crippen LogP contribution in [0, 0.1) is 5.92 Å². The minimum Gasteiger partial charge on any atom is -0.342 e. The molecule has 4 rings (SSSR count). The maximum atomic E-state index is 13.2. The van der Waals surface area contributed by atoms with Crippen molar-refractivity contribution in [3.05, 3.63) is 78.9 Å². The van der Waals surface area contributed by atoms with Gasteiger partial charge in [0.1, 0.15) is 0 Å². The van der Waals surface area contributed by atoms with Gasteiger partial charge >= 0.3 is 0 Å². The van der Waals surface area contributed by atoms with E-state index in [1.807, 2.05) is 65.6 Å². The zero-order valence-electron chi connectivity index (χ0n) is 16.4. The molecule has 146 valence electrons. The van der Waals surface area contributed by atoms with Crippen LogP contribution in [0.2, 0.25) is 0 Å². The first kappa shape index (κ1) is 18.9. The molecule has 0 unspecified atom stereocenters. The molecule has 1 fully saturated rings. The molecule has 29 heavy (non-hydrogen) atoms. The Labute approximate surface area is 170 Å². The second-order valence-electron chi connectivity index (χ2n) is 7.44. The van der Waals surface area contributed by atoms with Gasteiger partial charge in [-0.2, -0.15) is 0 Å². The van der Waals surface area contributed by atoms with Crippen LogP contribution in [-0.2, 0) is 4.79 Å². The molecule has 0 aliphatic carbocycles. The number of likely N-dealkylation sites (tertiary alicyclic amines) is 1. The highest BCUT2D eigenvalue weighted by Crippen LogP contribution is 2.28. The number of carbonyl (C=O) groups excluding carboxylic acids is 2. The average Bonchev–Trinajstić information content (AvgIpc) is 2.74. The van der Waals surface area contributed by atoms with Crippen molar-refractivity contribution in [2.24, 2.45) is 5.92 Å². The fourth-order valence-corrected chi connectivity index (χ4v) is 3.76. The van der Waals surface area contributed by atoms with Gasteiger partial charge < -0.3 is 9.80 Å². The molecule has 0 atom stereocenters. The normalized spacial score (nSPS) is 13.8. The van der Waals surface area contributed by atoms with Crippen molar-refractivity contribution in [3.63, 3.8) is 0 Å². The molecule has 0 N–H and O–H groups in total. The zero-order chi connectivity index (χ0) is 20.4. The third kappa shape index (κ3) is 3.76. The molecule has 1 saturated heterocycles. The summed E-state index contributed by atoms with van der Waals surface area (Å²) < 4.78 is 0. The van der Waals surface area contributed by atoms with Crippen LogP contribution in [0.3, 0.4) is 0 Å². The predicted molar refractivity (Wildman–Crippen MR) is 114 cm³/mol. The smallest absolute Gasteiger partial charge is 0.254 e. The number of fused-ring (bicyclic) bond motifs is 1. The largest absolute Gasteiger partial charge is 0.342 e. The van der Waals surface area contributed by atoms with Crippen LogP contribution in [0.5, 0.6) is 0 Å². The van der Waals surface area contributed by atoms with Crippen LogP contribution in [0.1, 0.15) is 10.4 Å². The summed E-state index contributed by atoms with van der Waals surface area (Å²) in [6.45, 7) is 5.43. The maximum absolute atomic E-state index is 13.2. The zero-order valence-corrected chi connectivity index (χ0v) is 16.4. The Morgan fingerprint density at radius 2 is 1.83 bits per heavy atom. The van der Waals surface area contributed by atoms with Gasteiger partial charge in [0.25, 0.3) is 5.91 Å². The Balaban J connectivity index is 1.58. The van der Waals surface area contributed by atoms with Crippen LogP contribution in [-0.4, -0.2) is 53.3 Å². The standard InChI is InChI=1S/C24H23N3O2/c1-3-23(28)26(2)14-17-15-27(16-17)24(29)20-13-22(18-9-5-4-6-10-18)25-21-12-8-7-11-19(20)21/h3-13,17H,1,14-16H2,2H3. The molecule has 0 bridgehead atoms. The summed E-state index contributed by atoms with van der Waals surface area (Å²) in [5.41, 5.74) is 3.26. The van der Waals surface area contributed by atoms with Crippen molar-refractivity contribution in [2.75, 3.05) is 26.7 Å². The topological polar surface area (TPSA) is 53.5 Å². The highest BCUT2D eigenvalue weighted by Gasteiger charge is 2.33. The van der Waals surface area contributed by atoms with E-state index in [0.29, 0.717) is 25.2 Å². The lowest BCUT2D eigenvalue weighted by molar-refractivity contribution is -0.125. The molecule has 0 spiro atoms. The second-order valence-corrected chi connectivity index (χ2v) is 7.44. The molecular weight excluding hydrogens is 362 g/mol. The maximum Gasteiger partial charge on any atom is 0.254 e. The number of nitrogens with zero attached hydrogens (tertiary/aromatic N) is 3. The Bertz CT molecular complexity index is 1070. The SMILES string of the molecule is C=CC(=O)N(C)CC1CN(C(=O)c2cc(-c3ccccc3)nc3ccccc23)C1. The van der Waals surface area contributed by atoms with Crippen LogP contribution >= 0.6 is 0 Å². The van der Waals surface area contributed by atoms with Crippen LogP contribution in [0.25, 0.3) is 22.2 Å². The first-order valence-electron chi connectivity index (χ1n) is 9.69. The lowest BCUT2D eigenvalue weighted by atomic mass is 9.96. The molecule has 5 nitrogen and oxygen atoms in total. The van der Waals surface area contributed by atoms with Crippen molar-refractivity contribution in [3.8, 4) is 11.3 Å². The minimum atomic E-state index is -0.0950. The number of pyridine rings is 1. The monoisotopic (exact) mass is 385 g/mol. The second kappa shape index (κ2) is 7.87.